The van der Waals surface area contributed by atoms with Crippen molar-refractivity contribution in [2.24, 2.45) is 5.92 Å². The predicted molar refractivity (Wildman–Crippen MR) is 99.7 cm³/mol. The molecule has 2 amide bonds. The topological polar surface area (TPSA) is 49.4 Å². The van der Waals surface area contributed by atoms with Crippen molar-refractivity contribution < 1.29 is 9.59 Å². The van der Waals surface area contributed by atoms with Crippen LogP contribution in [0.2, 0.25) is 0 Å². The Balaban J connectivity index is 1.57. The summed E-state index contributed by atoms with van der Waals surface area (Å²) < 4.78 is 0. The molecule has 1 N–H and O–H groups in total. The van der Waals surface area contributed by atoms with Gasteiger partial charge in [-0.2, -0.15) is 0 Å². The standard InChI is InChI=1S/C21H30N2O2/c1-16-12-14-23(15-13-16)21(25)18-10-8-17(9-11-18)20(24)22-19-6-4-2-3-5-7-19/h8-11,16,19H,2-7,12-15H2,1H3,(H,22,24). The number of likely N-dealkylation sites (tertiary alicyclic amines) is 1. The Kier molecular flexibility index (Phi) is 6.11. The summed E-state index contributed by atoms with van der Waals surface area (Å²) in [5, 5.41) is 3.16. The minimum Gasteiger partial charge on any atom is -0.349 e. The zero-order chi connectivity index (χ0) is 17.6. The van der Waals surface area contributed by atoms with E-state index in [1.54, 1.807) is 24.3 Å². The molecule has 3 rings (SSSR count). The van der Waals surface area contributed by atoms with Crippen molar-refractivity contribution in [2.75, 3.05) is 13.1 Å². The maximum Gasteiger partial charge on any atom is 0.253 e. The molecule has 2 fully saturated rings. The van der Waals surface area contributed by atoms with Crippen LogP contribution in [0.1, 0.15) is 79.0 Å². The van der Waals surface area contributed by atoms with Gasteiger partial charge >= 0.3 is 0 Å². The number of hydrogen-bond donors (Lipinski definition) is 1. The normalized spacial score (nSPS) is 20.1. The molecule has 0 radical (unpaired) electrons. The fraction of sp³-hybridized carbons (Fsp3) is 0.619. The van der Waals surface area contributed by atoms with Crippen LogP contribution in [-0.4, -0.2) is 35.8 Å². The van der Waals surface area contributed by atoms with Crippen molar-refractivity contribution in [1.29, 1.82) is 0 Å². The number of carbonyl (C=O) groups excluding carboxylic acids is 2. The molecule has 0 bridgehead atoms. The highest BCUT2D eigenvalue weighted by molar-refractivity contribution is 5.98. The molecule has 1 saturated heterocycles. The van der Waals surface area contributed by atoms with E-state index >= 15 is 0 Å². The highest BCUT2D eigenvalue weighted by Crippen LogP contribution is 2.19. The Morgan fingerprint density at radius 3 is 2.04 bits per heavy atom. The first-order valence-electron chi connectivity index (χ1n) is 9.83. The highest BCUT2D eigenvalue weighted by Gasteiger charge is 2.22. The molecule has 0 atom stereocenters. The van der Waals surface area contributed by atoms with Crippen LogP contribution >= 0.6 is 0 Å². The Morgan fingerprint density at radius 1 is 0.880 bits per heavy atom. The number of piperidine rings is 1. The molecule has 1 aliphatic carbocycles. The van der Waals surface area contributed by atoms with E-state index in [-0.39, 0.29) is 11.8 Å². The average molecular weight is 342 g/mol. The van der Waals surface area contributed by atoms with E-state index in [4.69, 9.17) is 0 Å². The number of nitrogens with zero attached hydrogens (tertiary/aromatic N) is 1. The second-order valence-electron chi connectivity index (χ2n) is 7.71. The van der Waals surface area contributed by atoms with Crippen LogP contribution in [0.3, 0.4) is 0 Å². The van der Waals surface area contributed by atoms with E-state index in [1.165, 1.54) is 25.7 Å². The van der Waals surface area contributed by atoms with Crippen LogP contribution in [0, 0.1) is 5.92 Å². The summed E-state index contributed by atoms with van der Waals surface area (Å²) in [6.07, 6.45) is 9.27. The van der Waals surface area contributed by atoms with E-state index in [2.05, 4.69) is 12.2 Å². The van der Waals surface area contributed by atoms with Gasteiger partial charge in [0.15, 0.2) is 0 Å². The fourth-order valence-electron chi connectivity index (χ4n) is 3.85. The van der Waals surface area contributed by atoms with Gasteiger partial charge in [0.05, 0.1) is 0 Å². The Hall–Kier alpha value is -1.84. The lowest BCUT2D eigenvalue weighted by molar-refractivity contribution is 0.0696. The van der Waals surface area contributed by atoms with Gasteiger partial charge in [-0.3, -0.25) is 9.59 Å². The lowest BCUT2D eigenvalue weighted by Crippen LogP contribution is -2.38. The van der Waals surface area contributed by atoms with Crippen LogP contribution in [0.15, 0.2) is 24.3 Å². The van der Waals surface area contributed by atoms with Crippen molar-refractivity contribution in [3.8, 4) is 0 Å². The second kappa shape index (κ2) is 8.50. The number of benzene rings is 1. The minimum absolute atomic E-state index is 0.0160. The highest BCUT2D eigenvalue weighted by atomic mass is 16.2. The van der Waals surface area contributed by atoms with Gasteiger partial charge in [-0.05, 0) is 55.9 Å². The molecule has 0 unspecified atom stereocenters. The molecule has 1 aromatic carbocycles. The SMILES string of the molecule is CC1CCN(C(=O)c2ccc(C(=O)NC3CCCCCC3)cc2)CC1. The van der Waals surface area contributed by atoms with Gasteiger partial charge in [0.1, 0.15) is 0 Å². The second-order valence-corrected chi connectivity index (χ2v) is 7.71. The molecule has 4 nitrogen and oxygen atoms in total. The number of amides is 2. The number of rotatable bonds is 3. The van der Waals surface area contributed by atoms with Gasteiger partial charge in [-0.1, -0.05) is 32.6 Å². The molecular weight excluding hydrogens is 312 g/mol. The Bertz CT molecular complexity index is 580. The van der Waals surface area contributed by atoms with E-state index in [1.807, 2.05) is 4.90 Å². The largest absolute Gasteiger partial charge is 0.349 e. The third kappa shape index (κ3) is 4.83. The lowest BCUT2D eigenvalue weighted by Gasteiger charge is -2.30. The minimum atomic E-state index is -0.0160. The zero-order valence-corrected chi connectivity index (χ0v) is 15.3. The summed E-state index contributed by atoms with van der Waals surface area (Å²) in [5.41, 5.74) is 1.33. The Labute approximate surface area is 151 Å². The summed E-state index contributed by atoms with van der Waals surface area (Å²) in [7, 11) is 0. The van der Waals surface area contributed by atoms with Crippen molar-refractivity contribution in [3.05, 3.63) is 35.4 Å². The third-order valence-corrected chi connectivity index (χ3v) is 5.66. The molecule has 0 spiro atoms. The number of hydrogen-bond acceptors (Lipinski definition) is 2. The summed E-state index contributed by atoms with van der Waals surface area (Å²) in [6, 6.07) is 7.45. The summed E-state index contributed by atoms with van der Waals surface area (Å²) in [4.78, 5) is 26.9. The zero-order valence-electron chi connectivity index (χ0n) is 15.3. The van der Waals surface area contributed by atoms with Crippen LogP contribution in [0.5, 0.6) is 0 Å². The fourth-order valence-corrected chi connectivity index (χ4v) is 3.85. The lowest BCUT2D eigenvalue weighted by atomic mass is 9.98. The van der Waals surface area contributed by atoms with Gasteiger partial charge in [0, 0.05) is 30.3 Å². The Morgan fingerprint density at radius 2 is 1.44 bits per heavy atom. The summed E-state index contributed by atoms with van der Waals surface area (Å²) in [6.45, 7) is 3.91. The molecule has 2 aliphatic rings. The molecular formula is C21H30N2O2. The first-order chi connectivity index (χ1) is 12.1. The van der Waals surface area contributed by atoms with Gasteiger partial charge < -0.3 is 10.2 Å². The van der Waals surface area contributed by atoms with Crippen LogP contribution in [0.4, 0.5) is 0 Å². The van der Waals surface area contributed by atoms with Crippen LogP contribution < -0.4 is 5.32 Å². The van der Waals surface area contributed by atoms with E-state index in [9.17, 15) is 9.59 Å². The summed E-state index contributed by atoms with van der Waals surface area (Å²) >= 11 is 0. The van der Waals surface area contributed by atoms with Crippen molar-refractivity contribution in [1.82, 2.24) is 10.2 Å². The maximum absolute atomic E-state index is 12.6. The maximum atomic E-state index is 12.6. The summed E-state index contributed by atoms with van der Waals surface area (Å²) in [5.74, 6) is 0.777. The van der Waals surface area contributed by atoms with E-state index in [0.29, 0.717) is 23.1 Å². The monoisotopic (exact) mass is 342 g/mol. The predicted octanol–water partition coefficient (Wildman–Crippen LogP) is 4.01. The molecule has 1 saturated carbocycles. The van der Waals surface area contributed by atoms with Crippen LogP contribution in [-0.2, 0) is 0 Å². The van der Waals surface area contributed by atoms with E-state index in [0.717, 1.165) is 38.8 Å². The smallest absolute Gasteiger partial charge is 0.253 e. The molecule has 0 aromatic heterocycles. The van der Waals surface area contributed by atoms with Gasteiger partial charge in [0.25, 0.3) is 11.8 Å². The quantitative estimate of drug-likeness (QED) is 0.844. The number of carbonyl (C=O) groups is 2. The van der Waals surface area contributed by atoms with Gasteiger partial charge in [-0.25, -0.2) is 0 Å². The molecule has 1 heterocycles. The molecule has 136 valence electrons. The molecule has 4 heteroatoms. The molecule has 1 aliphatic heterocycles. The van der Waals surface area contributed by atoms with Crippen molar-refractivity contribution in [2.45, 2.75) is 64.3 Å². The molecule has 25 heavy (non-hydrogen) atoms. The van der Waals surface area contributed by atoms with Crippen molar-refractivity contribution >= 4 is 11.8 Å². The van der Waals surface area contributed by atoms with Gasteiger partial charge in [-0.15, -0.1) is 0 Å². The van der Waals surface area contributed by atoms with Crippen LogP contribution in [0.25, 0.3) is 0 Å². The first-order valence-corrected chi connectivity index (χ1v) is 9.83. The van der Waals surface area contributed by atoms with Gasteiger partial charge in [0.2, 0.25) is 0 Å². The first kappa shape index (κ1) is 18.0. The third-order valence-electron chi connectivity index (χ3n) is 5.66. The molecule has 1 aromatic rings. The van der Waals surface area contributed by atoms with Crippen molar-refractivity contribution in [3.63, 3.8) is 0 Å². The average Bonchev–Trinajstić information content (AvgIpc) is 2.90. The number of nitrogens with one attached hydrogen (secondary N) is 1. The van der Waals surface area contributed by atoms with E-state index < -0.39 is 0 Å².